The lowest BCUT2D eigenvalue weighted by molar-refractivity contribution is -0.163. The fourth-order valence-corrected chi connectivity index (χ4v) is 3.40. The van der Waals surface area contributed by atoms with E-state index in [1.165, 1.54) is 11.8 Å². The Morgan fingerprint density at radius 2 is 2.00 bits per heavy atom. The monoisotopic (exact) mass is 369 g/mol. The van der Waals surface area contributed by atoms with Gasteiger partial charge in [0.15, 0.2) is 0 Å². The summed E-state index contributed by atoms with van der Waals surface area (Å²) in [5, 5.41) is 11.1. The molecule has 1 saturated carbocycles. The molecular weight excluding hydrogens is 353 g/mol. The molecule has 0 amide bonds. The molecule has 2 atom stereocenters. The molecule has 0 bridgehead atoms. The van der Waals surface area contributed by atoms with Gasteiger partial charge in [-0.3, -0.25) is 10.1 Å². The number of nitrogens with one attached hydrogen (secondary N) is 1. The van der Waals surface area contributed by atoms with Crippen molar-refractivity contribution in [3.05, 3.63) is 35.4 Å². The van der Waals surface area contributed by atoms with Crippen molar-refractivity contribution in [2.45, 2.75) is 31.1 Å². The van der Waals surface area contributed by atoms with E-state index in [-0.39, 0.29) is 5.75 Å². The van der Waals surface area contributed by atoms with E-state index >= 15 is 0 Å². The van der Waals surface area contributed by atoms with Gasteiger partial charge in [0.05, 0.1) is 0 Å². The van der Waals surface area contributed by atoms with Gasteiger partial charge < -0.3 is 5.11 Å². The maximum absolute atomic E-state index is 13.7. The van der Waals surface area contributed by atoms with Crippen LogP contribution in [0.2, 0.25) is 0 Å². The fourth-order valence-electron chi connectivity index (χ4n) is 2.13. The highest BCUT2D eigenvalue weighted by Crippen LogP contribution is 2.35. The fraction of sp³-hybridized carbons (Fsp3) is 0.533. The van der Waals surface area contributed by atoms with E-state index in [0.717, 1.165) is 12.8 Å². The maximum Gasteiger partial charge on any atom is 0.408 e. The molecule has 134 valence electrons. The lowest BCUT2D eigenvalue weighted by Crippen LogP contribution is -2.46. The summed E-state index contributed by atoms with van der Waals surface area (Å²) in [6.45, 7) is 0. The van der Waals surface area contributed by atoms with Crippen LogP contribution in [0.3, 0.4) is 0 Å². The van der Waals surface area contributed by atoms with Crippen LogP contribution in [-0.2, 0) is 4.79 Å². The summed E-state index contributed by atoms with van der Waals surface area (Å²) >= 11 is 1.25. The number of carboxylic acids is 1. The molecule has 1 aliphatic rings. The van der Waals surface area contributed by atoms with E-state index in [1.807, 2.05) is 5.32 Å². The van der Waals surface area contributed by atoms with Gasteiger partial charge in [-0.05, 0) is 30.6 Å². The van der Waals surface area contributed by atoms with Crippen LogP contribution in [0.1, 0.15) is 24.4 Å². The van der Waals surface area contributed by atoms with Gasteiger partial charge in [0.2, 0.25) is 0 Å². The Morgan fingerprint density at radius 3 is 2.50 bits per heavy atom. The van der Waals surface area contributed by atoms with Crippen molar-refractivity contribution in [1.82, 2.24) is 5.32 Å². The minimum Gasteiger partial charge on any atom is -0.480 e. The minimum atomic E-state index is -4.92. The highest BCUT2D eigenvalue weighted by atomic mass is 32.2. The number of thioether (sulfide) groups is 1. The number of alkyl halides is 3. The number of halogens is 5. The number of hydrogen-bond donors (Lipinski definition) is 2. The SMILES string of the molecule is O=C(O)[C@H](CSCC1CC1)NC(c1ccc(F)cc1F)C(F)(F)F. The van der Waals surface area contributed by atoms with Crippen molar-refractivity contribution in [3.63, 3.8) is 0 Å². The second-order valence-electron chi connectivity index (χ2n) is 5.68. The summed E-state index contributed by atoms with van der Waals surface area (Å²) in [7, 11) is 0. The minimum absolute atomic E-state index is 0.0682. The highest BCUT2D eigenvalue weighted by Gasteiger charge is 2.44. The average molecular weight is 369 g/mol. The molecule has 2 N–H and O–H groups in total. The Labute approximate surface area is 139 Å². The van der Waals surface area contributed by atoms with Crippen molar-refractivity contribution < 1.29 is 31.9 Å². The molecule has 3 nitrogen and oxygen atoms in total. The van der Waals surface area contributed by atoms with Crippen molar-refractivity contribution in [1.29, 1.82) is 0 Å². The van der Waals surface area contributed by atoms with Crippen LogP contribution in [0.5, 0.6) is 0 Å². The quantitative estimate of drug-likeness (QED) is 0.685. The molecule has 0 aliphatic heterocycles. The third-order valence-corrected chi connectivity index (χ3v) is 4.88. The van der Waals surface area contributed by atoms with Gasteiger partial charge >= 0.3 is 12.1 Å². The Hall–Kier alpha value is -1.35. The van der Waals surface area contributed by atoms with Crippen molar-refractivity contribution in [2.75, 3.05) is 11.5 Å². The number of rotatable bonds is 8. The zero-order chi connectivity index (χ0) is 17.9. The van der Waals surface area contributed by atoms with Crippen LogP contribution in [0.15, 0.2) is 18.2 Å². The molecule has 0 heterocycles. The summed E-state index contributed by atoms with van der Waals surface area (Å²) in [5.41, 5.74) is -0.831. The molecule has 24 heavy (non-hydrogen) atoms. The molecular formula is C15H16F5NO2S. The summed E-state index contributed by atoms with van der Waals surface area (Å²) in [6, 6.07) is -2.30. The molecule has 0 spiro atoms. The van der Waals surface area contributed by atoms with E-state index in [1.54, 1.807) is 0 Å². The number of carboxylic acid groups (broad SMARTS) is 1. The van der Waals surface area contributed by atoms with Crippen LogP contribution in [0.25, 0.3) is 0 Å². The van der Waals surface area contributed by atoms with Gasteiger partial charge in [0.1, 0.15) is 23.7 Å². The van der Waals surface area contributed by atoms with Crippen LogP contribution < -0.4 is 5.32 Å². The van der Waals surface area contributed by atoms with Gasteiger partial charge in [0.25, 0.3) is 0 Å². The summed E-state index contributed by atoms with van der Waals surface area (Å²) in [6.07, 6.45) is -2.83. The van der Waals surface area contributed by atoms with Crippen molar-refractivity contribution in [3.8, 4) is 0 Å². The van der Waals surface area contributed by atoms with Crippen molar-refractivity contribution >= 4 is 17.7 Å². The Balaban J connectivity index is 2.14. The van der Waals surface area contributed by atoms with Crippen LogP contribution in [0.4, 0.5) is 22.0 Å². The molecule has 9 heteroatoms. The average Bonchev–Trinajstić information content (AvgIpc) is 3.26. The molecule has 0 aromatic heterocycles. The first-order chi connectivity index (χ1) is 11.2. The van der Waals surface area contributed by atoms with Gasteiger partial charge in [-0.2, -0.15) is 24.9 Å². The molecule has 0 radical (unpaired) electrons. The third-order valence-electron chi connectivity index (χ3n) is 3.60. The first-order valence-electron chi connectivity index (χ1n) is 7.26. The Kier molecular flexibility index (Phi) is 6.08. The lowest BCUT2D eigenvalue weighted by Gasteiger charge is -2.26. The van der Waals surface area contributed by atoms with E-state index in [0.29, 0.717) is 29.9 Å². The summed E-state index contributed by atoms with van der Waals surface area (Å²) in [5.74, 6) is -2.71. The van der Waals surface area contributed by atoms with Crippen LogP contribution >= 0.6 is 11.8 Å². The predicted octanol–water partition coefficient (Wildman–Crippen LogP) is 3.75. The van der Waals surface area contributed by atoms with Crippen molar-refractivity contribution in [2.24, 2.45) is 5.92 Å². The van der Waals surface area contributed by atoms with Crippen LogP contribution in [0, 0.1) is 17.6 Å². The van der Waals surface area contributed by atoms with E-state index < -0.39 is 41.4 Å². The molecule has 1 unspecified atom stereocenters. The maximum atomic E-state index is 13.7. The standard InChI is InChI=1S/C15H16F5NO2S/c16-9-3-4-10(11(17)5-9)13(15(18,19)20)21-12(14(22)23)7-24-6-8-1-2-8/h3-5,8,12-13,21H,1-2,6-7H2,(H,22,23)/t12-,13?/m0/s1. The van der Waals surface area contributed by atoms with Gasteiger partial charge in [0, 0.05) is 17.4 Å². The Bertz CT molecular complexity index is 592. The Morgan fingerprint density at radius 1 is 1.33 bits per heavy atom. The zero-order valence-corrected chi connectivity index (χ0v) is 13.3. The van der Waals surface area contributed by atoms with E-state index in [2.05, 4.69) is 0 Å². The molecule has 2 rings (SSSR count). The summed E-state index contributed by atoms with van der Waals surface area (Å²) in [4.78, 5) is 11.2. The number of benzene rings is 1. The second-order valence-corrected chi connectivity index (χ2v) is 6.75. The second kappa shape index (κ2) is 7.69. The normalized spacial score (nSPS) is 17.5. The molecule has 1 aromatic carbocycles. The first-order valence-corrected chi connectivity index (χ1v) is 8.42. The number of hydrogen-bond acceptors (Lipinski definition) is 3. The highest BCUT2D eigenvalue weighted by molar-refractivity contribution is 7.99. The van der Waals surface area contributed by atoms with Gasteiger partial charge in [-0.15, -0.1) is 0 Å². The number of carbonyl (C=O) groups is 1. The third kappa shape index (κ3) is 5.34. The lowest BCUT2D eigenvalue weighted by atomic mass is 10.0. The zero-order valence-electron chi connectivity index (χ0n) is 12.4. The van der Waals surface area contributed by atoms with Crippen LogP contribution in [-0.4, -0.2) is 34.8 Å². The van der Waals surface area contributed by atoms with Gasteiger partial charge in [-0.1, -0.05) is 6.07 Å². The van der Waals surface area contributed by atoms with E-state index in [4.69, 9.17) is 5.11 Å². The molecule has 1 aliphatic carbocycles. The topological polar surface area (TPSA) is 49.3 Å². The summed E-state index contributed by atoms with van der Waals surface area (Å²) < 4.78 is 66.4. The largest absolute Gasteiger partial charge is 0.480 e. The smallest absolute Gasteiger partial charge is 0.408 e. The van der Waals surface area contributed by atoms with Gasteiger partial charge in [-0.25, -0.2) is 8.78 Å². The first kappa shape index (κ1) is 19.0. The number of aliphatic carboxylic acids is 1. The molecule has 0 saturated heterocycles. The molecule has 1 aromatic rings. The van der Waals surface area contributed by atoms with E-state index in [9.17, 15) is 26.7 Å². The molecule has 1 fully saturated rings. The predicted molar refractivity (Wildman–Crippen MR) is 79.8 cm³/mol.